The quantitative estimate of drug-likeness (QED) is 0.133. The summed E-state index contributed by atoms with van der Waals surface area (Å²) >= 11 is 1.80. The molecule has 0 bridgehead atoms. The fourth-order valence-electron chi connectivity index (χ4n) is 11.3. The molecular formula is C119H153OSY-. The average molecular weight is 1720 g/mol. The van der Waals surface area contributed by atoms with Crippen LogP contribution in [0.25, 0.3) is 21.9 Å². The maximum absolute atomic E-state index is 5.69. The SMILES string of the molecule is C.C.C.C.C.C.CCC.Cc1ccc(-c2ccc(C)cc2)cc1.Cc1ccc(C(C)(C)c2ccc(C)cc2)cc1.Cc1ccc(C)cc1.Cc1ccc(C)cc1.Cc1ccc(Cc2ccc(C)cc2)cc1.Cc1ccc(Oc2ccc(C)cc2)cc1.Cc1ccc(Sc2ccc(C)cc2)cc1.Cc1ccc2ccccc2c1.Cc1cccc(C)c1.[CH3-].[Y]. The van der Waals surface area contributed by atoms with Gasteiger partial charge in [0.05, 0.1) is 0 Å². The molecule has 15 rings (SSSR count). The van der Waals surface area contributed by atoms with Gasteiger partial charge in [-0.3, -0.25) is 0 Å². The largest absolute Gasteiger partial charge is 0.457 e. The number of fused-ring (bicyclic) bond motifs is 1. The maximum atomic E-state index is 5.69. The first-order valence-corrected chi connectivity index (χ1v) is 41.0. The Hall–Kier alpha value is -10.2. The third kappa shape index (κ3) is 46.2. The average Bonchev–Trinajstić information content (AvgIpc) is 0.805. The second-order valence-corrected chi connectivity index (χ2v) is 31.9. The van der Waals surface area contributed by atoms with E-state index in [1.807, 2.05) is 48.5 Å². The molecule has 0 aliphatic rings. The van der Waals surface area contributed by atoms with Crippen molar-refractivity contribution in [1.29, 1.82) is 0 Å². The van der Waals surface area contributed by atoms with Crippen LogP contribution >= 0.6 is 11.8 Å². The molecule has 0 N–H and O–H groups in total. The van der Waals surface area contributed by atoms with Crippen LogP contribution in [-0.4, -0.2) is 0 Å². The summed E-state index contributed by atoms with van der Waals surface area (Å²) in [5.74, 6) is 1.76. The van der Waals surface area contributed by atoms with E-state index in [2.05, 4.69) is 455 Å². The van der Waals surface area contributed by atoms with Crippen LogP contribution in [0.5, 0.6) is 11.5 Å². The summed E-state index contributed by atoms with van der Waals surface area (Å²) in [7, 11) is 0. The van der Waals surface area contributed by atoms with Gasteiger partial charge in [0.1, 0.15) is 11.5 Å². The van der Waals surface area contributed by atoms with E-state index >= 15 is 0 Å². The summed E-state index contributed by atoms with van der Waals surface area (Å²) in [6, 6.07) is 126. The van der Waals surface area contributed by atoms with Crippen molar-refractivity contribution >= 4 is 22.5 Å². The van der Waals surface area contributed by atoms with Gasteiger partial charge in [-0.2, -0.15) is 0 Å². The van der Waals surface area contributed by atoms with Gasteiger partial charge in [0.25, 0.3) is 0 Å². The normalized spacial score (nSPS) is 9.42. The molecule has 0 fully saturated rings. The van der Waals surface area contributed by atoms with Crippen molar-refractivity contribution in [1.82, 2.24) is 0 Å². The summed E-state index contributed by atoms with van der Waals surface area (Å²) in [5.41, 5.74) is 30.4. The first-order chi connectivity index (χ1) is 54.6. The minimum atomic E-state index is 0. The molecule has 15 aromatic rings. The Kier molecular flexibility index (Phi) is 59.7. The van der Waals surface area contributed by atoms with Crippen LogP contribution in [0.15, 0.2) is 368 Å². The smallest absolute Gasteiger partial charge is 0.127 e. The number of ether oxygens (including phenoxy) is 1. The minimum Gasteiger partial charge on any atom is -0.457 e. The summed E-state index contributed by atoms with van der Waals surface area (Å²) in [4.78, 5) is 2.59. The van der Waals surface area contributed by atoms with E-state index in [9.17, 15) is 0 Å². The van der Waals surface area contributed by atoms with Crippen LogP contribution < -0.4 is 4.74 Å². The first-order valence-electron chi connectivity index (χ1n) is 40.2. The van der Waals surface area contributed by atoms with Gasteiger partial charge in [0, 0.05) is 47.9 Å². The predicted octanol–water partition coefficient (Wildman–Crippen LogP) is 36.8. The van der Waals surface area contributed by atoms with Crippen molar-refractivity contribution < 1.29 is 37.4 Å². The van der Waals surface area contributed by atoms with E-state index in [-0.39, 0.29) is 90.1 Å². The molecule has 0 aromatic heterocycles. The van der Waals surface area contributed by atoms with E-state index in [0.29, 0.717) is 0 Å². The van der Waals surface area contributed by atoms with Gasteiger partial charge in [0.15, 0.2) is 0 Å². The van der Waals surface area contributed by atoms with Crippen molar-refractivity contribution in [2.75, 3.05) is 0 Å². The fraction of sp³-hybridized carbons (Fsp3) is 0.252. The number of hydrogen-bond donors (Lipinski definition) is 0. The van der Waals surface area contributed by atoms with Crippen LogP contribution in [0.1, 0.15) is 196 Å². The predicted molar refractivity (Wildman–Crippen MR) is 549 cm³/mol. The molecule has 15 aromatic carbocycles. The molecule has 0 atom stereocenters. The van der Waals surface area contributed by atoms with Gasteiger partial charge in [-0.05, 0) is 217 Å². The Morgan fingerprint density at radius 1 is 0.230 bits per heavy atom. The van der Waals surface area contributed by atoms with E-state index < -0.39 is 0 Å². The standard InChI is InChI=1S/C17H20.C15H16.C14H14O.C14H14S.C14H14.C11H10.3C8H10.C3H8.6CH4.CH3.Y/c1-13-5-9-15(10-6-13)17(3,4)16-11-7-14(2)8-12-16;1-12-3-7-14(8-4-12)11-15-9-5-13(2)6-10-15;2*1-11-3-7-13(8-4-11)15-14-9-5-12(2)6-10-14;1-11-3-7-13(8-4-11)14-9-5-12(2)6-10-14;1-9-6-7-10-4-2-3-5-11(10)8-9;2*1-7-3-5-8(2)6-4-7;1-7-4-3-5-8(2)6-7;1-3-2;;;;;;;;/h5-12H,1-4H3;3-10H,11H2,1-2H3;2*3-10H,1-2H3;3-10H,1-2H3;2-8H,1H3;3*3-6H,1-2H3;3H2,1-2H3;6*1H4;1H3;/q;;;;;;;;;;;;;;;;-1;. The van der Waals surface area contributed by atoms with Crippen LogP contribution in [0.2, 0.25) is 0 Å². The molecule has 0 spiro atoms. The van der Waals surface area contributed by atoms with Crippen LogP contribution in [0.3, 0.4) is 0 Å². The second-order valence-electron chi connectivity index (χ2n) is 30.7. The number of hydrogen-bond acceptors (Lipinski definition) is 2. The Bertz CT molecular complexity index is 4580. The molecule has 3 heteroatoms. The van der Waals surface area contributed by atoms with Gasteiger partial charge in [0.2, 0.25) is 0 Å². The Morgan fingerprint density at radius 2 is 0.443 bits per heavy atom. The molecule has 0 heterocycles. The van der Waals surface area contributed by atoms with E-state index in [0.717, 1.165) is 17.9 Å². The van der Waals surface area contributed by atoms with Crippen LogP contribution in [0.4, 0.5) is 0 Å². The van der Waals surface area contributed by atoms with Gasteiger partial charge < -0.3 is 12.2 Å². The number of aryl methyl sites for hydroxylation is 17. The number of benzene rings is 15. The van der Waals surface area contributed by atoms with Crippen molar-refractivity contribution in [2.24, 2.45) is 0 Å². The summed E-state index contributed by atoms with van der Waals surface area (Å²) < 4.78 is 5.69. The monoisotopic (exact) mass is 1720 g/mol. The molecule has 645 valence electrons. The van der Waals surface area contributed by atoms with Crippen LogP contribution in [-0.2, 0) is 44.5 Å². The fourth-order valence-corrected chi connectivity index (χ4v) is 12.2. The molecule has 0 saturated heterocycles. The molecular weight excluding hydrogens is 1570 g/mol. The first kappa shape index (κ1) is 116. The van der Waals surface area contributed by atoms with E-state index in [1.54, 1.807) is 11.8 Å². The molecule has 0 unspecified atom stereocenters. The summed E-state index contributed by atoms with van der Waals surface area (Å²) in [6.45, 7) is 44.6. The second kappa shape index (κ2) is 62.9. The maximum Gasteiger partial charge on any atom is 0.127 e. The molecule has 122 heavy (non-hydrogen) atoms. The van der Waals surface area contributed by atoms with Gasteiger partial charge in [-0.15, -0.1) is 0 Å². The van der Waals surface area contributed by atoms with Crippen molar-refractivity contribution in [3.63, 3.8) is 0 Å². The van der Waals surface area contributed by atoms with Gasteiger partial charge in [-0.25, -0.2) is 0 Å². The zero-order chi connectivity index (χ0) is 82.8. The zero-order valence-corrected chi connectivity index (χ0v) is 77.5. The summed E-state index contributed by atoms with van der Waals surface area (Å²) in [5, 5.41) is 2.64. The molecule has 0 amide bonds. The van der Waals surface area contributed by atoms with Crippen molar-refractivity contribution in [3.8, 4) is 22.6 Å². The Labute approximate surface area is 776 Å². The molecule has 0 aliphatic carbocycles. The van der Waals surface area contributed by atoms with E-state index in [1.165, 1.54) is 155 Å². The van der Waals surface area contributed by atoms with E-state index in [4.69, 9.17) is 4.74 Å². The topological polar surface area (TPSA) is 9.23 Å². The van der Waals surface area contributed by atoms with Gasteiger partial charge >= 0.3 is 0 Å². The van der Waals surface area contributed by atoms with Crippen molar-refractivity contribution in [3.05, 3.63) is 482 Å². The Morgan fingerprint density at radius 3 is 0.705 bits per heavy atom. The molecule has 1 nitrogen and oxygen atoms in total. The van der Waals surface area contributed by atoms with Crippen LogP contribution in [0, 0.1) is 125 Å². The summed E-state index contributed by atoms with van der Waals surface area (Å²) in [6.07, 6.45) is 2.28. The third-order valence-electron chi connectivity index (χ3n) is 18.7. The van der Waals surface area contributed by atoms with Crippen molar-refractivity contribution in [2.45, 2.75) is 218 Å². The zero-order valence-electron chi connectivity index (χ0n) is 73.9. The Balaban J connectivity index is -0.00000130. The molecule has 0 saturated carbocycles. The van der Waals surface area contributed by atoms with Gasteiger partial charge in [-0.1, -0.05) is 494 Å². The third-order valence-corrected chi connectivity index (χ3v) is 19.7. The minimum absolute atomic E-state index is 0. The molecule has 0 aliphatic heterocycles. The number of rotatable bonds is 9. The molecule has 1 radical (unpaired) electrons.